The van der Waals surface area contributed by atoms with E-state index >= 15 is 0 Å². The van der Waals surface area contributed by atoms with Crippen LogP contribution in [0.4, 0.5) is 10.5 Å². The molecule has 30 heavy (non-hydrogen) atoms. The van der Waals surface area contributed by atoms with Crippen LogP contribution >= 0.6 is 0 Å². The highest BCUT2D eigenvalue weighted by molar-refractivity contribution is 5.95. The Balaban J connectivity index is 1.37. The van der Waals surface area contributed by atoms with Gasteiger partial charge in [0.05, 0.1) is 17.5 Å². The molecule has 3 heterocycles. The number of rotatable bonds is 3. The first-order valence-corrected chi connectivity index (χ1v) is 9.91. The summed E-state index contributed by atoms with van der Waals surface area (Å²) in [5, 5.41) is 9.12. The van der Waals surface area contributed by atoms with E-state index in [0.717, 1.165) is 28.9 Å². The minimum Gasteiger partial charge on any atom is -0.465 e. The SMILES string of the molecule is CN(C(=O)O)c1ccc(C2(C(=O)N3CCC4(C3)OC(=O)c3cnccc34)CC2)cc1. The molecule has 5 rings (SSSR count). The first-order valence-electron chi connectivity index (χ1n) is 9.91. The molecule has 1 aromatic carbocycles. The number of hydrogen-bond acceptors (Lipinski definition) is 5. The molecule has 3 aliphatic rings. The molecule has 8 heteroatoms. The molecule has 1 unspecified atom stereocenters. The summed E-state index contributed by atoms with van der Waals surface area (Å²) >= 11 is 0. The molecule has 2 aromatic rings. The quantitative estimate of drug-likeness (QED) is 0.785. The van der Waals surface area contributed by atoms with Crippen LogP contribution in [0.3, 0.4) is 0 Å². The second-order valence-corrected chi connectivity index (χ2v) is 8.25. The van der Waals surface area contributed by atoms with E-state index in [0.29, 0.717) is 30.8 Å². The highest BCUT2D eigenvalue weighted by Crippen LogP contribution is 2.52. The Morgan fingerprint density at radius 1 is 1.17 bits per heavy atom. The molecule has 0 bridgehead atoms. The lowest BCUT2D eigenvalue weighted by atomic mass is 9.92. The molecule has 1 saturated heterocycles. The van der Waals surface area contributed by atoms with Gasteiger partial charge in [-0.2, -0.15) is 0 Å². The fraction of sp³-hybridized carbons (Fsp3) is 0.364. The van der Waals surface area contributed by atoms with Gasteiger partial charge in [-0.1, -0.05) is 12.1 Å². The number of anilines is 1. The lowest BCUT2D eigenvalue weighted by molar-refractivity contribution is -0.134. The number of pyridine rings is 1. The average Bonchev–Trinajstić information content (AvgIpc) is 3.39. The summed E-state index contributed by atoms with van der Waals surface area (Å²) in [5.74, 6) is -0.344. The summed E-state index contributed by atoms with van der Waals surface area (Å²) < 4.78 is 5.73. The zero-order valence-corrected chi connectivity index (χ0v) is 16.5. The molecule has 154 valence electrons. The number of carboxylic acid groups (broad SMARTS) is 1. The standard InChI is InChI=1S/C22H21N3O5/c1-24(20(28)29)15-4-2-14(3-5-15)21(7-8-21)19(27)25-11-9-22(13-25)17-6-10-23-12-16(17)18(26)30-22/h2-6,10,12H,7-9,11,13H2,1H3,(H,28,29). The fourth-order valence-corrected chi connectivity index (χ4v) is 4.67. The van der Waals surface area contributed by atoms with Gasteiger partial charge >= 0.3 is 12.1 Å². The summed E-state index contributed by atoms with van der Waals surface area (Å²) in [7, 11) is 1.48. The highest BCUT2D eigenvalue weighted by Gasteiger charge is 2.57. The van der Waals surface area contributed by atoms with Crippen LogP contribution in [-0.4, -0.2) is 53.1 Å². The van der Waals surface area contributed by atoms with Crippen LogP contribution in [0.25, 0.3) is 0 Å². The van der Waals surface area contributed by atoms with Crippen LogP contribution in [-0.2, 0) is 20.5 Å². The van der Waals surface area contributed by atoms with E-state index < -0.39 is 17.1 Å². The Bertz CT molecular complexity index is 1060. The molecule has 0 radical (unpaired) electrons. The topological polar surface area (TPSA) is 100 Å². The van der Waals surface area contributed by atoms with Crippen molar-refractivity contribution < 1.29 is 24.2 Å². The van der Waals surface area contributed by atoms with Crippen LogP contribution in [0, 0.1) is 0 Å². The zero-order chi connectivity index (χ0) is 21.1. The number of hydrogen-bond donors (Lipinski definition) is 1. The number of aromatic nitrogens is 1. The van der Waals surface area contributed by atoms with Crippen molar-refractivity contribution in [1.29, 1.82) is 0 Å². The van der Waals surface area contributed by atoms with Crippen LogP contribution < -0.4 is 4.90 Å². The Labute approximate surface area is 173 Å². The number of fused-ring (bicyclic) bond motifs is 2. The molecule has 2 fully saturated rings. The molecular weight excluding hydrogens is 386 g/mol. The Morgan fingerprint density at radius 3 is 2.57 bits per heavy atom. The van der Waals surface area contributed by atoms with E-state index in [1.54, 1.807) is 29.3 Å². The maximum atomic E-state index is 13.5. The maximum Gasteiger partial charge on any atom is 0.411 e. The van der Waals surface area contributed by atoms with Gasteiger partial charge < -0.3 is 14.7 Å². The van der Waals surface area contributed by atoms with Gasteiger partial charge in [0.15, 0.2) is 5.60 Å². The van der Waals surface area contributed by atoms with Crippen LogP contribution in [0.5, 0.6) is 0 Å². The van der Waals surface area contributed by atoms with Crippen molar-refractivity contribution in [2.75, 3.05) is 25.0 Å². The number of carbonyl (C=O) groups is 3. The van der Waals surface area contributed by atoms with Crippen molar-refractivity contribution in [3.8, 4) is 0 Å². The molecule has 1 N–H and O–H groups in total. The summed E-state index contributed by atoms with van der Waals surface area (Å²) in [4.78, 5) is 43.8. The molecule has 1 atom stereocenters. The third-order valence-electron chi connectivity index (χ3n) is 6.59. The summed E-state index contributed by atoms with van der Waals surface area (Å²) in [5.41, 5.74) is 1.38. The molecule has 1 aromatic heterocycles. The van der Waals surface area contributed by atoms with E-state index in [4.69, 9.17) is 9.84 Å². The third kappa shape index (κ3) is 2.59. The normalized spacial score (nSPS) is 23.2. The number of nitrogens with zero attached hydrogens (tertiary/aromatic N) is 3. The number of benzene rings is 1. The molecule has 1 spiro atoms. The smallest absolute Gasteiger partial charge is 0.411 e. The van der Waals surface area contributed by atoms with Crippen LogP contribution in [0.2, 0.25) is 0 Å². The predicted octanol–water partition coefficient (Wildman–Crippen LogP) is 2.53. The lowest BCUT2D eigenvalue weighted by Crippen LogP contribution is -2.40. The van der Waals surface area contributed by atoms with E-state index in [1.165, 1.54) is 13.2 Å². The van der Waals surface area contributed by atoms with Gasteiger partial charge in [-0.3, -0.25) is 14.7 Å². The van der Waals surface area contributed by atoms with E-state index in [9.17, 15) is 14.4 Å². The van der Waals surface area contributed by atoms with Crippen molar-refractivity contribution in [3.05, 3.63) is 59.4 Å². The number of amides is 2. The van der Waals surface area contributed by atoms with Gasteiger partial charge in [-0.25, -0.2) is 9.59 Å². The molecule has 8 nitrogen and oxygen atoms in total. The fourth-order valence-electron chi connectivity index (χ4n) is 4.67. The summed E-state index contributed by atoms with van der Waals surface area (Å²) in [6.45, 7) is 0.867. The van der Waals surface area contributed by atoms with Crippen molar-refractivity contribution >= 4 is 23.7 Å². The number of carbonyl (C=O) groups excluding carboxylic acids is 2. The monoisotopic (exact) mass is 407 g/mol. The van der Waals surface area contributed by atoms with Crippen molar-refractivity contribution in [2.24, 2.45) is 0 Å². The van der Waals surface area contributed by atoms with Gasteiger partial charge in [0.1, 0.15) is 0 Å². The molecule has 1 saturated carbocycles. The van der Waals surface area contributed by atoms with Crippen LogP contribution in [0.15, 0.2) is 42.7 Å². The van der Waals surface area contributed by atoms with Crippen molar-refractivity contribution in [3.63, 3.8) is 0 Å². The van der Waals surface area contributed by atoms with Gasteiger partial charge in [0.25, 0.3) is 0 Å². The van der Waals surface area contributed by atoms with Crippen molar-refractivity contribution in [1.82, 2.24) is 9.88 Å². The molecule has 2 amide bonds. The van der Waals surface area contributed by atoms with Gasteiger partial charge in [-0.15, -0.1) is 0 Å². The highest BCUT2D eigenvalue weighted by atomic mass is 16.6. The first-order chi connectivity index (χ1) is 14.4. The first kappa shape index (κ1) is 18.6. The Hall–Kier alpha value is -3.42. The number of likely N-dealkylation sites (tertiary alicyclic amines) is 1. The lowest BCUT2D eigenvalue weighted by Gasteiger charge is -2.27. The third-order valence-corrected chi connectivity index (χ3v) is 6.59. The van der Waals surface area contributed by atoms with E-state index in [2.05, 4.69) is 4.98 Å². The minimum absolute atomic E-state index is 0.0391. The predicted molar refractivity (Wildman–Crippen MR) is 106 cm³/mol. The van der Waals surface area contributed by atoms with Gasteiger partial charge in [0, 0.05) is 43.7 Å². The van der Waals surface area contributed by atoms with Gasteiger partial charge in [-0.05, 0) is 36.6 Å². The average molecular weight is 407 g/mol. The summed E-state index contributed by atoms with van der Waals surface area (Å²) in [6, 6.07) is 8.93. The van der Waals surface area contributed by atoms with Gasteiger partial charge in [0.2, 0.25) is 5.91 Å². The Kier molecular flexibility index (Phi) is 3.90. The second-order valence-electron chi connectivity index (χ2n) is 8.25. The minimum atomic E-state index is -1.04. The van der Waals surface area contributed by atoms with Crippen LogP contribution in [0.1, 0.15) is 40.7 Å². The van der Waals surface area contributed by atoms with E-state index in [1.807, 2.05) is 12.1 Å². The number of esters is 1. The number of ether oxygens (including phenoxy) is 1. The van der Waals surface area contributed by atoms with Crippen molar-refractivity contribution in [2.45, 2.75) is 30.3 Å². The maximum absolute atomic E-state index is 13.5. The molecule has 1 aliphatic carbocycles. The summed E-state index contributed by atoms with van der Waals surface area (Å²) in [6.07, 6.45) is 4.21. The van der Waals surface area contributed by atoms with E-state index in [-0.39, 0.29) is 11.9 Å². The molecule has 2 aliphatic heterocycles. The zero-order valence-electron chi connectivity index (χ0n) is 16.5. The molecular formula is C22H21N3O5. The Morgan fingerprint density at radius 2 is 1.90 bits per heavy atom. The largest absolute Gasteiger partial charge is 0.465 e. The second kappa shape index (κ2) is 6.29.